The summed E-state index contributed by atoms with van der Waals surface area (Å²) < 4.78 is 1.83. The Morgan fingerprint density at radius 2 is 1.80 bits per heavy atom. The summed E-state index contributed by atoms with van der Waals surface area (Å²) in [6.45, 7) is 0.590. The first-order chi connectivity index (χ1) is 9.18. The van der Waals surface area contributed by atoms with E-state index in [0.29, 0.717) is 24.2 Å². The second-order valence-corrected chi connectivity index (χ2v) is 4.67. The van der Waals surface area contributed by atoms with Gasteiger partial charge in [0.05, 0.1) is 11.6 Å². The van der Waals surface area contributed by atoms with Crippen LogP contribution in [0.15, 0.2) is 42.5 Å². The number of benzene rings is 1. The Hall–Kier alpha value is -0.789. The van der Waals surface area contributed by atoms with Gasteiger partial charge in [-0.3, -0.25) is 9.59 Å². The zero-order valence-corrected chi connectivity index (χ0v) is 10.2. The second-order valence-electron chi connectivity index (χ2n) is 4.67. The number of rotatable bonds is 3. The molecule has 4 nitrogen and oxygen atoms in total. The summed E-state index contributed by atoms with van der Waals surface area (Å²) in [5.74, 6) is -1.37. The van der Waals surface area contributed by atoms with Gasteiger partial charge in [0.25, 0.3) is 0 Å². The molecule has 1 aliphatic heterocycles. The number of aliphatic carboxylic acids is 1. The molecule has 1 aliphatic rings. The minimum absolute atomic E-state index is 0. The molecule has 0 saturated carbocycles. The van der Waals surface area contributed by atoms with Crippen LogP contribution in [-0.2, 0) is 11.3 Å². The van der Waals surface area contributed by atoms with Gasteiger partial charge in [0.2, 0.25) is 5.78 Å². The van der Waals surface area contributed by atoms with Gasteiger partial charge in [0.15, 0.2) is 0 Å². The van der Waals surface area contributed by atoms with Crippen LogP contribution in [0.2, 0.25) is 0 Å². The third-order valence-electron chi connectivity index (χ3n) is 3.58. The van der Waals surface area contributed by atoms with Crippen LogP contribution in [0.4, 0.5) is 0 Å². The SMILES string of the molecule is O=C(c1ccccc1)c1ccc2n1CCC2C(=O)O.[BaH2]. The number of carboxylic acids is 1. The Morgan fingerprint density at radius 3 is 2.45 bits per heavy atom. The number of aromatic nitrogens is 1. The standard InChI is InChI=1S/C15H13NO3.Ba.2H/c17-14(10-4-2-1-3-5-10)13-7-6-12-11(15(18)19)8-9-16(12)13;;;/h1-7,11H,8-9H2,(H,18,19);;;. The van der Waals surface area contributed by atoms with Crippen LogP contribution in [0.1, 0.15) is 34.1 Å². The Morgan fingerprint density at radius 1 is 1.10 bits per heavy atom. The number of carbonyl (C=O) groups is 2. The van der Waals surface area contributed by atoms with Crippen molar-refractivity contribution in [2.75, 3.05) is 0 Å². The molecule has 0 spiro atoms. The van der Waals surface area contributed by atoms with E-state index in [2.05, 4.69) is 0 Å². The predicted octanol–water partition coefficient (Wildman–Crippen LogP) is 1.37. The van der Waals surface area contributed by atoms with Crippen molar-refractivity contribution >= 4 is 60.6 Å². The van der Waals surface area contributed by atoms with E-state index in [9.17, 15) is 9.59 Å². The van der Waals surface area contributed by atoms with Gasteiger partial charge in [0.1, 0.15) is 0 Å². The van der Waals surface area contributed by atoms with Crippen molar-refractivity contribution in [3.8, 4) is 0 Å². The molecule has 0 fully saturated rings. The normalized spacial score (nSPS) is 16.3. The van der Waals surface area contributed by atoms with Crippen molar-refractivity contribution in [1.29, 1.82) is 0 Å². The molecule has 1 atom stereocenters. The van der Waals surface area contributed by atoms with E-state index in [4.69, 9.17) is 5.11 Å². The molecule has 20 heavy (non-hydrogen) atoms. The van der Waals surface area contributed by atoms with Crippen LogP contribution in [0.3, 0.4) is 0 Å². The zero-order valence-electron chi connectivity index (χ0n) is 10.2. The number of fused-ring (bicyclic) bond motifs is 1. The summed E-state index contributed by atoms with van der Waals surface area (Å²) in [7, 11) is 0. The maximum atomic E-state index is 12.4. The monoisotopic (exact) mass is 395 g/mol. The minimum atomic E-state index is -0.824. The van der Waals surface area contributed by atoms with E-state index in [0.717, 1.165) is 5.69 Å². The van der Waals surface area contributed by atoms with E-state index in [1.165, 1.54) is 0 Å². The molecule has 0 amide bonds. The molecule has 3 rings (SSSR count). The fourth-order valence-electron chi connectivity index (χ4n) is 2.63. The Bertz CT molecular complexity index is 648. The molecule has 0 aliphatic carbocycles. The Labute approximate surface area is 156 Å². The molecule has 1 unspecified atom stereocenters. The fraction of sp³-hybridized carbons (Fsp3) is 0.200. The quantitative estimate of drug-likeness (QED) is 0.632. The van der Waals surface area contributed by atoms with Crippen molar-refractivity contribution < 1.29 is 14.7 Å². The van der Waals surface area contributed by atoms with Gasteiger partial charge in [0, 0.05) is 17.8 Å². The molecular weight excluding hydrogens is 379 g/mol. The molecule has 0 saturated heterocycles. The van der Waals surface area contributed by atoms with Crippen molar-refractivity contribution in [2.24, 2.45) is 0 Å². The van der Waals surface area contributed by atoms with Gasteiger partial charge >= 0.3 is 54.9 Å². The van der Waals surface area contributed by atoms with Crippen molar-refractivity contribution in [1.82, 2.24) is 4.57 Å². The molecule has 1 aromatic carbocycles. The molecule has 2 aromatic rings. The maximum absolute atomic E-state index is 12.4. The van der Waals surface area contributed by atoms with Crippen LogP contribution in [0.5, 0.6) is 0 Å². The molecule has 0 bridgehead atoms. The van der Waals surface area contributed by atoms with Crippen LogP contribution in [-0.4, -0.2) is 70.3 Å². The average Bonchev–Trinajstić information content (AvgIpc) is 2.99. The summed E-state index contributed by atoms with van der Waals surface area (Å²) in [6.07, 6.45) is 0.556. The summed E-state index contributed by atoms with van der Waals surface area (Å²) in [5.41, 5.74) is 1.93. The predicted molar refractivity (Wildman–Crippen MR) is 77.8 cm³/mol. The van der Waals surface area contributed by atoms with Crippen molar-refractivity contribution in [3.63, 3.8) is 0 Å². The van der Waals surface area contributed by atoms with Gasteiger partial charge < -0.3 is 9.67 Å². The summed E-state index contributed by atoms with van der Waals surface area (Å²) in [6, 6.07) is 12.5. The zero-order chi connectivity index (χ0) is 13.4. The first kappa shape index (κ1) is 15.6. The van der Waals surface area contributed by atoms with Gasteiger partial charge in [-0.05, 0) is 18.6 Å². The van der Waals surface area contributed by atoms with E-state index >= 15 is 0 Å². The first-order valence-electron chi connectivity index (χ1n) is 6.20. The summed E-state index contributed by atoms with van der Waals surface area (Å²) in [5, 5.41) is 9.13. The third-order valence-corrected chi connectivity index (χ3v) is 3.58. The molecule has 1 aromatic heterocycles. The van der Waals surface area contributed by atoms with Crippen molar-refractivity contribution in [3.05, 3.63) is 59.4 Å². The second kappa shape index (κ2) is 6.32. The van der Waals surface area contributed by atoms with Crippen molar-refractivity contribution in [2.45, 2.75) is 18.9 Å². The number of carbonyl (C=O) groups excluding carboxylic acids is 1. The van der Waals surface area contributed by atoms with E-state index in [-0.39, 0.29) is 54.7 Å². The molecule has 5 heteroatoms. The van der Waals surface area contributed by atoms with Gasteiger partial charge in [-0.15, -0.1) is 0 Å². The summed E-state index contributed by atoms with van der Waals surface area (Å²) >= 11 is 0. The number of hydrogen-bond acceptors (Lipinski definition) is 2. The first-order valence-corrected chi connectivity index (χ1v) is 6.20. The summed E-state index contributed by atoms with van der Waals surface area (Å²) in [4.78, 5) is 23.5. The number of hydrogen-bond donors (Lipinski definition) is 1. The molecule has 1 N–H and O–H groups in total. The molecule has 100 valence electrons. The van der Waals surface area contributed by atoms with Gasteiger partial charge in [-0.1, -0.05) is 30.3 Å². The average molecular weight is 395 g/mol. The van der Waals surface area contributed by atoms with E-state index in [1.807, 2.05) is 22.8 Å². The topological polar surface area (TPSA) is 59.3 Å². The fourth-order valence-corrected chi connectivity index (χ4v) is 2.63. The van der Waals surface area contributed by atoms with E-state index in [1.54, 1.807) is 24.3 Å². The van der Waals surface area contributed by atoms with Gasteiger partial charge in [-0.25, -0.2) is 0 Å². The van der Waals surface area contributed by atoms with Crippen LogP contribution >= 0.6 is 0 Å². The molecular formula is C15H15BaNO3. The Kier molecular flexibility index (Phi) is 4.93. The molecule has 2 heterocycles. The number of nitrogens with zero attached hydrogens (tertiary/aromatic N) is 1. The van der Waals surface area contributed by atoms with Gasteiger partial charge in [-0.2, -0.15) is 0 Å². The van der Waals surface area contributed by atoms with E-state index < -0.39 is 11.9 Å². The molecule has 0 radical (unpaired) electrons. The Balaban J connectivity index is 0.00000147. The van der Waals surface area contributed by atoms with Crippen LogP contribution in [0.25, 0.3) is 0 Å². The van der Waals surface area contributed by atoms with Crippen LogP contribution in [0, 0.1) is 0 Å². The third kappa shape index (κ3) is 2.66. The van der Waals surface area contributed by atoms with Crippen LogP contribution < -0.4 is 0 Å². The number of carboxylic acid groups (broad SMARTS) is 1. The number of ketones is 1.